The molecule has 4 rings (SSSR count). The minimum Gasteiger partial charge on any atom is -0.497 e. The quantitative estimate of drug-likeness (QED) is 0.309. The summed E-state index contributed by atoms with van der Waals surface area (Å²) in [5.41, 5.74) is 1.09. The Kier molecular flexibility index (Phi) is 6.26. The fourth-order valence-corrected chi connectivity index (χ4v) is 3.01. The highest BCUT2D eigenvalue weighted by atomic mass is 16.6. The minimum atomic E-state index is -0.579. The van der Waals surface area contributed by atoms with E-state index in [-0.39, 0.29) is 34.4 Å². The van der Waals surface area contributed by atoms with Crippen LogP contribution in [-0.4, -0.2) is 34.0 Å². The number of carbonyl (C=O) groups excluding carboxylic acids is 2. The number of nitro benzene ring substituents is 1. The average molecular weight is 459 g/mol. The van der Waals surface area contributed by atoms with Gasteiger partial charge in [-0.05, 0) is 48.5 Å². The van der Waals surface area contributed by atoms with E-state index in [9.17, 15) is 19.7 Å². The maximum atomic E-state index is 12.8. The molecule has 11 heteroatoms. The number of hydrogen-bond donors (Lipinski definition) is 2. The Balaban J connectivity index is 1.48. The van der Waals surface area contributed by atoms with E-state index in [0.29, 0.717) is 11.3 Å². The zero-order chi connectivity index (χ0) is 24.1. The predicted octanol–water partition coefficient (Wildman–Crippen LogP) is 4.16. The summed E-state index contributed by atoms with van der Waals surface area (Å²) in [4.78, 5) is 35.6. The molecule has 1 aromatic heterocycles. The number of anilines is 2. The largest absolute Gasteiger partial charge is 0.497 e. The van der Waals surface area contributed by atoms with Crippen LogP contribution >= 0.6 is 0 Å². The summed E-state index contributed by atoms with van der Waals surface area (Å²) in [5.74, 6) is -0.235. The van der Waals surface area contributed by atoms with Gasteiger partial charge in [0.1, 0.15) is 5.75 Å². The molecular formula is C23H17N5O6. The highest BCUT2D eigenvalue weighted by Crippen LogP contribution is 2.24. The van der Waals surface area contributed by atoms with Crippen LogP contribution < -0.4 is 15.4 Å². The first kappa shape index (κ1) is 22.1. The second-order valence-corrected chi connectivity index (χ2v) is 6.90. The number of ether oxygens (including phenoxy) is 1. The highest BCUT2D eigenvalue weighted by molar-refractivity contribution is 6.12. The van der Waals surface area contributed by atoms with Crippen molar-refractivity contribution < 1.29 is 23.7 Å². The molecule has 4 aromatic rings. The first-order valence-electron chi connectivity index (χ1n) is 9.88. The van der Waals surface area contributed by atoms with E-state index in [0.717, 1.165) is 0 Å². The monoisotopic (exact) mass is 459 g/mol. The van der Waals surface area contributed by atoms with Crippen molar-refractivity contribution in [2.75, 3.05) is 17.7 Å². The van der Waals surface area contributed by atoms with E-state index in [4.69, 9.17) is 9.15 Å². The molecule has 0 radical (unpaired) electrons. The third-order valence-electron chi connectivity index (χ3n) is 4.74. The number of nitrogens with zero attached hydrogens (tertiary/aromatic N) is 3. The normalized spacial score (nSPS) is 10.4. The van der Waals surface area contributed by atoms with Gasteiger partial charge in [0.05, 0.1) is 23.3 Å². The fourth-order valence-electron chi connectivity index (χ4n) is 3.01. The van der Waals surface area contributed by atoms with E-state index >= 15 is 0 Å². The molecule has 0 aliphatic carbocycles. The highest BCUT2D eigenvalue weighted by Gasteiger charge is 2.18. The maximum absolute atomic E-state index is 12.8. The van der Waals surface area contributed by atoms with Crippen LogP contribution in [0.1, 0.15) is 20.7 Å². The van der Waals surface area contributed by atoms with Gasteiger partial charge in [-0.25, -0.2) is 0 Å². The van der Waals surface area contributed by atoms with Gasteiger partial charge < -0.3 is 14.5 Å². The van der Waals surface area contributed by atoms with Crippen LogP contribution in [0.5, 0.6) is 5.75 Å². The number of para-hydroxylation sites is 1. The van der Waals surface area contributed by atoms with Gasteiger partial charge in [-0.2, -0.15) is 0 Å². The van der Waals surface area contributed by atoms with Gasteiger partial charge >= 0.3 is 6.01 Å². The van der Waals surface area contributed by atoms with Crippen molar-refractivity contribution in [2.45, 2.75) is 0 Å². The standard InChI is InChI=1S/C23H17N5O6/c1-33-17-12-8-15(9-13-17)22-26-27-23(34-22)25-21(30)18-4-2-3-5-19(18)24-20(29)14-6-10-16(11-7-14)28(31)32/h2-13H,1H3,(H,24,29)(H,25,27,30). The van der Waals surface area contributed by atoms with Crippen LogP contribution in [0.25, 0.3) is 11.5 Å². The van der Waals surface area contributed by atoms with Crippen molar-refractivity contribution in [1.82, 2.24) is 10.2 Å². The van der Waals surface area contributed by atoms with Gasteiger partial charge in [-0.3, -0.25) is 25.0 Å². The van der Waals surface area contributed by atoms with Crippen LogP contribution in [0, 0.1) is 10.1 Å². The molecule has 0 saturated heterocycles. The third-order valence-corrected chi connectivity index (χ3v) is 4.74. The number of nitro groups is 1. The zero-order valence-corrected chi connectivity index (χ0v) is 17.7. The topological polar surface area (TPSA) is 149 Å². The molecule has 0 atom stereocenters. The molecule has 0 fully saturated rings. The number of methoxy groups -OCH3 is 1. The van der Waals surface area contributed by atoms with Crippen molar-refractivity contribution in [3.63, 3.8) is 0 Å². The van der Waals surface area contributed by atoms with Crippen molar-refractivity contribution >= 4 is 29.2 Å². The molecular weight excluding hydrogens is 442 g/mol. The van der Waals surface area contributed by atoms with E-state index in [1.807, 2.05) is 0 Å². The van der Waals surface area contributed by atoms with Gasteiger partial charge in [0.2, 0.25) is 5.89 Å². The molecule has 0 bridgehead atoms. The fraction of sp³-hybridized carbons (Fsp3) is 0.0435. The number of aromatic nitrogens is 2. The predicted molar refractivity (Wildman–Crippen MR) is 122 cm³/mol. The number of benzene rings is 3. The van der Waals surface area contributed by atoms with Crippen molar-refractivity contribution in [3.05, 3.63) is 94.0 Å². The van der Waals surface area contributed by atoms with E-state index in [2.05, 4.69) is 20.8 Å². The summed E-state index contributed by atoms with van der Waals surface area (Å²) in [6, 6.07) is 18.3. The zero-order valence-electron chi connectivity index (χ0n) is 17.7. The van der Waals surface area contributed by atoms with Crippen molar-refractivity contribution in [1.29, 1.82) is 0 Å². The van der Waals surface area contributed by atoms with Crippen LogP contribution in [0.3, 0.4) is 0 Å². The van der Waals surface area contributed by atoms with E-state index in [1.165, 1.54) is 30.3 Å². The van der Waals surface area contributed by atoms with Crippen LogP contribution in [0.2, 0.25) is 0 Å². The minimum absolute atomic E-state index is 0.118. The first-order valence-corrected chi connectivity index (χ1v) is 9.88. The maximum Gasteiger partial charge on any atom is 0.322 e. The van der Waals surface area contributed by atoms with Crippen LogP contribution in [0.15, 0.2) is 77.2 Å². The molecule has 3 aromatic carbocycles. The first-order chi connectivity index (χ1) is 16.4. The van der Waals surface area contributed by atoms with Crippen LogP contribution in [-0.2, 0) is 0 Å². The third kappa shape index (κ3) is 4.88. The number of nitrogens with one attached hydrogen (secondary N) is 2. The molecule has 11 nitrogen and oxygen atoms in total. The lowest BCUT2D eigenvalue weighted by atomic mass is 10.1. The Hall–Kier alpha value is -5.06. The second-order valence-electron chi connectivity index (χ2n) is 6.90. The summed E-state index contributed by atoms with van der Waals surface area (Å²) in [7, 11) is 1.56. The molecule has 0 unspecified atom stereocenters. The van der Waals surface area contributed by atoms with Gasteiger partial charge in [-0.15, -0.1) is 5.10 Å². The molecule has 2 amide bonds. The summed E-state index contributed by atoms with van der Waals surface area (Å²) in [5, 5.41) is 23.7. The van der Waals surface area contributed by atoms with Gasteiger partial charge in [0.15, 0.2) is 0 Å². The smallest absolute Gasteiger partial charge is 0.322 e. The Bertz CT molecular complexity index is 1350. The molecule has 0 spiro atoms. The summed E-state index contributed by atoms with van der Waals surface area (Å²) < 4.78 is 10.6. The lowest BCUT2D eigenvalue weighted by Gasteiger charge is -2.10. The number of carbonyl (C=O) groups is 2. The van der Waals surface area contributed by atoms with Crippen LogP contribution in [0.4, 0.5) is 17.4 Å². The molecule has 1 heterocycles. The summed E-state index contributed by atoms with van der Waals surface area (Å²) in [6.07, 6.45) is 0. The molecule has 0 aliphatic heterocycles. The second kappa shape index (κ2) is 9.61. The number of hydrogen-bond acceptors (Lipinski definition) is 8. The number of amides is 2. The number of non-ortho nitro benzene ring substituents is 1. The molecule has 0 aliphatic rings. The van der Waals surface area contributed by atoms with E-state index in [1.54, 1.807) is 49.6 Å². The SMILES string of the molecule is COc1ccc(-c2nnc(NC(=O)c3ccccc3NC(=O)c3ccc([N+](=O)[O-])cc3)o2)cc1. The van der Waals surface area contributed by atoms with Crippen molar-refractivity contribution in [2.24, 2.45) is 0 Å². The lowest BCUT2D eigenvalue weighted by Crippen LogP contribution is -2.18. The molecule has 34 heavy (non-hydrogen) atoms. The Morgan fingerprint density at radius 3 is 2.29 bits per heavy atom. The summed E-state index contributed by atoms with van der Waals surface area (Å²) in [6.45, 7) is 0. The summed E-state index contributed by atoms with van der Waals surface area (Å²) >= 11 is 0. The van der Waals surface area contributed by atoms with Crippen molar-refractivity contribution in [3.8, 4) is 17.2 Å². The Morgan fingerprint density at radius 2 is 1.62 bits per heavy atom. The molecule has 2 N–H and O–H groups in total. The number of rotatable bonds is 7. The molecule has 0 saturated carbocycles. The molecule has 170 valence electrons. The lowest BCUT2D eigenvalue weighted by molar-refractivity contribution is -0.384. The van der Waals surface area contributed by atoms with E-state index < -0.39 is 16.7 Å². The Labute approximate surface area is 192 Å². The Morgan fingerprint density at radius 1 is 0.912 bits per heavy atom. The van der Waals surface area contributed by atoms with Gasteiger partial charge in [0, 0.05) is 23.3 Å². The average Bonchev–Trinajstić information content (AvgIpc) is 3.32. The van der Waals surface area contributed by atoms with Gasteiger partial charge in [-0.1, -0.05) is 17.2 Å². The van der Waals surface area contributed by atoms with Gasteiger partial charge in [0.25, 0.3) is 17.5 Å².